The van der Waals surface area contributed by atoms with Crippen LogP contribution in [-0.4, -0.2) is 12.5 Å². The van der Waals surface area contributed by atoms with E-state index in [1.54, 1.807) is 24.3 Å². The number of carbonyl (C=O) groups excluding carboxylic acids is 1. The minimum Gasteiger partial charge on any atom is -0.398 e. The van der Waals surface area contributed by atoms with Crippen molar-refractivity contribution in [1.29, 1.82) is 0 Å². The van der Waals surface area contributed by atoms with Gasteiger partial charge >= 0.3 is 0 Å². The molecule has 0 bridgehead atoms. The highest BCUT2D eigenvalue weighted by atomic mass is 19.1. The molecule has 2 aromatic rings. The summed E-state index contributed by atoms with van der Waals surface area (Å²) in [6, 6.07) is 11.3. The number of anilines is 2. The first-order valence-electron chi connectivity index (χ1n) is 6.47. The van der Waals surface area contributed by atoms with Gasteiger partial charge in [0.15, 0.2) is 0 Å². The summed E-state index contributed by atoms with van der Waals surface area (Å²) >= 11 is 0. The Morgan fingerprint density at radius 3 is 2.60 bits per heavy atom. The number of rotatable bonds is 3. The van der Waals surface area contributed by atoms with Gasteiger partial charge in [-0.3, -0.25) is 4.79 Å². The van der Waals surface area contributed by atoms with Crippen LogP contribution in [0.25, 0.3) is 0 Å². The van der Waals surface area contributed by atoms with Crippen LogP contribution in [0.5, 0.6) is 0 Å². The number of nitrogens with two attached hydrogens (primary N) is 1. The van der Waals surface area contributed by atoms with Crippen molar-refractivity contribution in [2.75, 3.05) is 17.2 Å². The van der Waals surface area contributed by atoms with Gasteiger partial charge in [-0.05, 0) is 43.7 Å². The first-order chi connectivity index (χ1) is 9.54. The number of nitrogens with zero attached hydrogens (tertiary/aromatic N) is 1. The van der Waals surface area contributed by atoms with E-state index in [1.807, 2.05) is 19.9 Å². The average Bonchev–Trinajstić information content (AvgIpc) is 2.42. The summed E-state index contributed by atoms with van der Waals surface area (Å²) in [4.78, 5) is 14.1. The minimum absolute atomic E-state index is 0.223. The molecule has 1 amide bonds. The summed E-state index contributed by atoms with van der Waals surface area (Å²) in [5.41, 5.74) is 8.25. The summed E-state index contributed by atoms with van der Waals surface area (Å²) in [6.45, 7) is 4.13. The number of amides is 1. The third kappa shape index (κ3) is 2.64. The van der Waals surface area contributed by atoms with Gasteiger partial charge in [-0.25, -0.2) is 4.39 Å². The Morgan fingerprint density at radius 2 is 1.95 bits per heavy atom. The van der Waals surface area contributed by atoms with Crippen molar-refractivity contribution >= 4 is 17.3 Å². The van der Waals surface area contributed by atoms with Crippen LogP contribution in [0.3, 0.4) is 0 Å². The largest absolute Gasteiger partial charge is 0.398 e. The second kappa shape index (κ2) is 5.74. The number of aryl methyl sites for hydroxylation is 1. The molecular formula is C16H17FN2O. The van der Waals surface area contributed by atoms with Gasteiger partial charge in [-0.1, -0.05) is 18.2 Å². The molecule has 0 spiro atoms. The summed E-state index contributed by atoms with van der Waals surface area (Å²) < 4.78 is 13.3. The molecule has 0 heterocycles. The molecule has 4 heteroatoms. The molecule has 0 saturated heterocycles. The fraction of sp³-hybridized carbons (Fsp3) is 0.188. The molecule has 20 heavy (non-hydrogen) atoms. The van der Waals surface area contributed by atoms with Gasteiger partial charge in [0, 0.05) is 17.9 Å². The third-order valence-corrected chi connectivity index (χ3v) is 3.24. The first-order valence-corrected chi connectivity index (χ1v) is 6.47. The maximum absolute atomic E-state index is 13.3. The lowest BCUT2D eigenvalue weighted by Crippen LogP contribution is -2.31. The molecule has 3 nitrogen and oxygen atoms in total. The molecule has 0 fully saturated rings. The molecule has 0 aliphatic rings. The van der Waals surface area contributed by atoms with Crippen molar-refractivity contribution in [2.45, 2.75) is 13.8 Å². The number of nitrogen functional groups attached to an aromatic ring is 1. The lowest BCUT2D eigenvalue weighted by molar-refractivity contribution is 0.0989. The number of hydrogen-bond acceptors (Lipinski definition) is 2. The number of halogens is 1. The van der Waals surface area contributed by atoms with E-state index < -0.39 is 0 Å². The van der Waals surface area contributed by atoms with Gasteiger partial charge in [0.1, 0.15) is 5.82 Å². The van der Waals surface area contributed by atoms with Crippen molar-refractivity contribution in [2.24, 2.45) is 0 Å². The monoisotopic (exact) mass is 272 g/mol. The molecule has 0 saturated carbocycles. The van der Waals surface area contributed by atoms with E-state index in [1.165, 1.54) is 17.0 Å². The number of para-hydroxylation sites is 1. The van der Waals surface area contributed by atoms with Crippen molar-refractivity contribution in [1.82, 2.24) is 0 Å². The molecule has 0 unspecified atom stereocenters. The zero-order valence-electron chi connectivity index (χ0n) is 11.6. The number of hydrogen-bond donors (Lipinski definition) is 1. The highest BCUT2D eigenvalue weighted by molar-refractivity contribution is 6.09. The van der Waals surface area contributed by atoms with Gasteiger partial charge in [-0.15, -0.1) is 0 Å². The minimum atomic E-state index is -0.369. The molecule has 0 atom stereocenters. The quantitative estimate of drug-likeness (QED) is 0.871. The van der Waals surface area contributed by atoms with Crippen LogP contribution in [0, 0.1) is 12.7 Å². The molecule has 0 aliphatic heterocycles. The fourth-order valence-corrected chi connectivity index (χ4v) is 2.10. The van der Waals surface area contributed by atoms with Gasteiger partial charge in [0.2, 0.25) is 0 Å². The van der Waals surface area contributed by atoms with Crippen LogP contribution in [0.4, 0.5) is 15.8 Å². The van der Waals surface area contributed by atoms with Crippen LogP contribution in [0.2, 0.25) is 0 Å². The van der Waals surface area contributed by atoms with Gasteiger partial charge in [-0.2, -0.15) is 0 Å². The summed E-state index contributed by atoms with van der Waals surface area (Å²) in [7, 11) is 0. The van der Waals surface area contributed by atoms with E-state index in [4.69, 9.17) is 5.73 Å². The lowest BCUT2D eigenvalue weighted by atomic mass is 10.1. The average molecular weight is 272 g/mol. The summed E-state index contributed by atoms with van der Waals surface area (Å²) in [5, 5.41) is 0. The lowest BCUT2D eigenvalue weighted by Gasteiger charge is -2.22. The van der Waals surface area contributed by atoms with Crippen LogP contribution in [-0.2, 0) is 0 Å². The maximum atomic E-state index is 13.3. The molecule has 2 aromatic carbocycles. The van der Waals surface area contributed by atoms with E-state index in [0.29, 0.717) is 23.5 Å². The van der Waals surface area contributed by atoms with Gasteiger partial charge in [0.05, 0.1) is 5.56 Å². The zero-order chi connectivity index (χ0) is 14.7. The SMILES string of the molecule is CCN(C(=O)c1cccc(C)c1N)c1cccc(F)c1. The first kappa shape index (κ1) is 14.1. The van der Waals surface area contributed by atoms with Crippen LogP contribution >= 0.6 is 0 Å². The van der Waals surface area contributed by atoms with E-state index in [2.05, 4.69) is 0 Å². The van der Waals surface area contributed by atoms with Crippen molar-refractivity contribution < 1.29 is 9.18 Å². The van der Waals surface area contributed by atoms with E-state index in [-0.39, 0.29) is 11.7 Å². The molecule has 0 aliphatic carbocycles. The standard InChI is InChI=1S/C16H17FN2O/c1-3-19(13-8-5-7-12(17)10-13)16(20)14-9-4-6-11(2)15(14)18/h4-10H,3,18H2,1-2H3. The Morgan fingerprint density at radius 1 is 1.25 bits per heavy atom. The van der Waals surface area contributed by atoms with E-state index >= 15 is 0 Å². The summed E-state index contributed by atoms with van der Waals surface area (Å²) in [5.74, 6) is -0.592. The van der Waals surface area contributed by atoms with Crippen LogP contribution in [0.1, 0.15) is 22.8 Å². The number of carbonyl (C=O) groups is 1. The van der Waals surface area contributed by atoms with Crippen molar-refractivity contribution in [3.05, 3.63) is 59.4 Å². The van der Waals surface area contributed by atoms with E-state index in [9.17, 15) is 9.18 Å². The molecule has 0 radical (unpaired) electrons. The predicted molar refractivity (Wildman–Crippen MR) is 79.3 cm³/mol. The van der Waals surface area contributed by atoms with Crippen molar-refractivity contribution in [3.8, 4) is 0 Å². The smallest absolute Gasteiger partial charge is 0.260 e. The Labute approximate surface area is 117 Å². The fourth-order valence-electron chi connectivity index (χ4n) is 2.10. The van der Waals surface area contributed by atoms with Gasteiger partial charge < -0.3 is 10.6 Å². The van der Waals surface area contributed by atoms with Crippen molar-refractivity contribution in [3.63, 3.8) is 0 Å². The Hall–Kier alpha value is -2.36. The topological polar surface area (TPSA) is 46.3 Å². The second-order valence-electron chi connectivity index (χ2n) is 4.57. The summed E-state index contributed by atoms with van der Waals surface area (Å²) in [6.07, 6.45) is 0. The maximum Gasteiger partial charge on any atom is 0.260 e. The highest BCUT2D eigenvalue weighted by Crippen LogP contribution is 2.22. The molecule has 2 N–H and O–H groups in total. The highest BCUT2D eigenvalue weighted by Gasteiger charge is 2.19. The Kier molecular flexibility index (Phi) is 4.03. The normalized spacial score (nSPS) is 10.3. The molecule has 104 valence electrons. The van der Waals surface area contributed by atoms with E-state index in [0.717, 1.165) is 5.56 Å². The Balaban J connectivity index is 2.42. The zero-order valence-corrected chi connectivity index (χ0v) is 11.6. The second-order valence-corrected chi connectivity index (χ2v) is 4.57. The van der Waals surface area contributed by atoms with Crippen LogP contribution in [0.15, 0.2) is 42.5 Å². The third-order valence-electron chi connectivity index (χ3n) is 3.24. The Bertz CT molecular complexity index is 640. The van der Waals surface area contributed by atoms with Crippen LogP contribution < -0.4 is 10.6 Å². The molecule has 2 rings (SSSR count). The number of benzene rings is 2. The predicted octanol–water partition coefficient (Wildman–Crippen LogP) is 3.38. The molecule has 0 aromatic heterocycles. The molecular weight excluding hydrogens is 255 g/mol. The van der Waals surface area contributed by atoms with Gasteiger partial charge in [0.25, 0.3) is 5.91 Å².